The van der Waals surface area contributed by atoms with Gasteiger partial charge in [0.05, 0.1) is 24.0 Å². The summed E-state index contributed by atoms with van der Waals surface area (Å²) in [6, 6.07) is 9.50. The van der Waals surface area contributed by atoms with E-state index in [1.165, 1.54) is 0 Å². The third kappa shape index (κ3) is 3.25. The summed E-state index contributed by atoms with van der Waals surface area (Å²) >= 11 is 1.73. The van der Waals surface area contributed by atoms with Crippen LogP contribution in [0.2, 0.25) is 0 Å². The van der Waals surface area contributed by atoms with E-state index in [2.05, 4.69) is 20.9 Å². The van der Waals surface area contributed by atoms with Crippen molar-refractivity contribution in [2.75, 3.05) is 11.6 Å². The molecule has 6 nitrogen and oxygen atoms in total. The highest BCUT2D eigenvalue weighted by Crippen LogP contribution is 2.14. The minimum absolute atomic E-state index is 0.0155. The van der Waals surface area contributed by atoms with Crippen molar-refractivity contribution < 1.29 is 4.79 Å². The molecule has 0 radical (unpaired) electrons. The lowest BCUT2D eigenvalue weighted by atomic mass is 10.2. The number of thioether (sulfide) groups is 1. The van der Waals surface area contributed by atoms with Gasteiger partial charge in [0, 0.05) is 11.6 Å². The van der Waals surface area contributed by atoms with Gasteiger partial charge in [0.1, 0.15) is 5.69 Å². The molecule has 0 aliphatic carbocycles. The Morgan fingerprint density at radius 3 is 3.00 bits per heavy atom. The van der Waals surface area contributed by atoms with Gasteiger partial charge >= 0.3 is 0 Å². The van der Waals surface area contributed by atoms with E-state index in [1.807, 2.05) is 43.5 Å². The van der Waals surface area contributed by atoms with E-state index in [1.54, 1.807) is 16.4 Å². The molecular weight excluding hydrogens is 286 g/mol. The Morgan fingerprint density at radius 2 is 2.29 bits per heavy atom. The molecule has 0 saturated carbocycles. The maximum Gasteiger partial charge on any atom is 0.238 e. The van der Waals surface area contributed by atoms with Crippen molar-refractivity contribution in [1.29, 1.82) is 0 Å². The Kier molecular flexibility index (Phi) is 4.21. The van der Waals surface area contributed by atoms with Crippen molar-refractivity contribution in [3.05, 3.63) is 42.2 Å². The lowest BCUT2D eigenvalue weighted by Crippen LogP contribution is -2.43. The van der Waals surface area contributed by atoms with Gasteiger partial charge in [-0.1, -0.05) is 23.4 Å². The van der Waals surface area contributed by atoms with Crippen LogP contribution < -0.4 is 10.6 Å². The maximum absolute atomic E-state index is 12.1. The van der Waals surface area contributed by atoms with E-state index in [9.17, 15) is 4.79 Å². The molecule has 3 rings (SSSR count). The summed E-state index contributed by atoms with van der Waals surface area (Å²) in [4.78, 5) is 12.1. The van der Waals surface area contributed by atoms with Gasteiger partial charge in [-0.2, -0.15) is 0 Å². The smallest absolute Gasteiger partial charge is 0.238 e. The molecule has 0 bridgehead atoms. The van der Waals surface area contributed by atoms with E-state index in [-0.39, 0.29) is 18.0 Å². The van der Waals surface area contributed by atoms with Crippen LogP contribution >= 0.6 is 11.8 Å². The lowest BCUT2D eigenvalue weighted by molar-refractivity contribution is -0.123. The predicted octanol–water partition coefficient (Wildman–Crippen LogP) is 1.11. The minimum atomic E-state index is -0.164. The number of carbonyl (C=O) groups is 1. The Bertz CT molecular complexity index is 609. The molecule has 21 heavy (non-hydrogen) atoms. The second-order valence-corrected chi connectivity index (χ2v) is 5.96. The lowest BCUT2D eigenvalue weighted by Gasteiger charge is -2.14. The quantitative estimate of drug-likeness (QED) is 0.885. The highest BCUT2D eigenvalue weighted by atomic mass is 32.2. The molecule has 2 N–H and O–H groups in total. The van der Waals surface area contributed by atoms with Crippen molar-refractivity contribution >= 4 is 17.7 Å². The van der Waals surface area contributed by atoms with Gasteiger partial charge in [-0.3, -0.25) is 10.1 Å². The van der Waals surface area contributed by atoms with Gasteiger partial charge in [-0.15, -0.1) is 16.9 Å². The molecule has 7 heteroatoms. The molecule has 110 valence electrons. The van der Waals surface area contributed by atoms with Crippen LogP contribution in [0.5, 0.6) is 0 Å². The number of nitrogens with zero attached hydrogens (tertiary/aromatic N) is 3. The van der Waals surface area contributed by atoms with Gasteiger partial charge in [-0.05, 0) is 19.1 Å². The van der Waals surface area contributed by atoms with Crippen molar-refractivity contribution in [2.45, 2.75) is 19.0 Å². The SMILES string of the molecule is CC(NC(=O)C1CSCN1)c1cn(-c2ccccc2)nn1. The van der Waals surface area contributed by atoms with Crippen LogP contribution in [0.4, 0.5) is 0 Å². The average Bonchev–Trinajstić information content (AvgIpc) is 3.20. The highest BCUT2D eigenvalue weighted by molar-refractivity contribution is 7.99. The van der Waals surface area contributed by atoms with E-state index in [0.717, 1.165) is 23.0 Å². The zero-order valence-corrected chi connectivity index (χ0v) is 12.5. The van der Waals surface area contributed by atoms with E-state index in [0.29, 0.717) is 0 Å². The monoisotopic (exact) mass is 303 g/mol. The molecule has 1 aliphatic rings. The number of carbonyl (C=O) groups excluding carboxylic acids is 1. The summed E-state index contributed by atoms with van der Waals surface area (Å²) in [5.41, 5.74) is 1.70. The molecule has 2 unspecified atom stereocenters. The molecular formula is C14H17N5OS. The molecule has 1 saturated heterocycles. The largest absolute Gasteiger partial charge is 0.346 e. The summed E-state index contributed by atoms with van der Waals surface area (Å²) < 4.78 is 1.71. The molecule has 2 atom stereocenters. The third-order valence-corrected chi connectivity index (χ3v) is 4.31. The number of rotatable bonds is 4. The van der Waals surface area contributed by atoms with Crippen LogP contribution in [0.1, 0.15) is 18.7 Å². The Morgan fingerprint density at radius 1 is 1.48 bits per heavy atom. The molecule has 1 aliphatic heterocycles. The first-order chi connectivity index (χ1) is 10.2. The Balaban J connectivity index is 1.66. The summed E-state index contributed by atoms with van der Waals surface area (Å²) in [6.45, 7) is 1.92. The van der Waals surface area contributed by atoms with Crippen molar-refractivity contribution in [1.82, 2.24) is 25.6 Å². The normalized spacial score (nSPS) is 19.4. The Labute approximate surface area is 127 Å². The van der Waals surface area contributed by atoms with Crippen molar-refractivity contribution in [3.63, 3.8) is 0 Å². The average molecular weight is 303 g/mol. The first-order valence-electron chi connectivity index (χ1n) is 6.83. The zero-order valence-electron chi connectivity index (χ0n) is 11.7. The topological polar surface area (TPSA) is 71.8 Å². The summed E-state index contributed by atoms with van der Waals surface area (Å²) in [5.74, 6) is 1.66. The van der Waals surface area contributed by atoms with Gasteiger partial charge < -0.3 is 5.32 Å². The number of amides is 1. The van der Waals surface area contributed by atoms with Gasteiger partial charge in [0.15, 0.2) is 0 Å². The van der Waals surface area contributed by atoms with Crippen LogP contribution in [-0.4, -0.2) is 38.6 Å². The fourth-order valence-electron chi connectivity index (χ4n) is 2.13. The molecule has 1 fully saturated rings. The van der Waals surface area contributed by atoms with E-state index < -0.39 is 0 Å². The number of hydrogen-bond donors (Lipinski definition) is 2. The minimum Gasteiger partial charge on any atom is -0.346 e. The van der Waals surface area contributed by atoms with Crippen LogP contribution in [0.15, 0.2) is 36.5 Å². The van der Waals surface area contributed by atoms with Crippen LogP contribution in [0, 0.1) is 0 Å². The van der Waals surface area contributed by atoms with Crippen molar-refractivity contribution in [2.24, 2.45) is 0 Å². The molecule has 1 amide bonds. The molecule has 1 aromatic heterocycles. The molecule has 0 spiro atoms. The first-order valence-corrected chi connectivity index (χ1v) is 7.98. The van der Waals surface area contributed by atoms with Gasteiger partial charge in [0.2, 0.25) is 5.91 Å². The van der Waals surface area contributed by atoms with Crippen LogP contribution in [0.3, 0.4) is 0 Å². The summed E-state index contributed by atoms with van der Waals surface area (Å²) in [7, 11) is 0. The summed E-state index contributed by atoms with van der Waals surface area (Å²) in [5, 5.41) is 14.4. The zero-order chi connectivity index (χ0) is 14.7. The number of nitrogens with one attached hydrogen (secondary N) is 2. The first kappa shape index (κ1) is 14.1. The number of hydrogen-bond acceptors (Lipinski definition) is 5. The van der Waals surface area contributed by atoms with Crippen molar-refractivity contribution in [3.8, 4) is 5.69 Å². The van der Waals surface area contributed by atoms with Crippen LogP contribution in [-0.2, 0) is 4.79 Å². The van der Waals surface area contributed by atoms with E-state index in [4.69, 9.17) is 0 Å². The second kappa shape index (κ2) is 6.28. The predicted molar refractivity (Wildman–Crippen MR) is 82.2 cm³/mol. The number of para-hydroxylation sites is 1. The molecule has 1 aromatic carbocycles. The van der Waals surface area contributed by atoms with Crippen LogP contribution in [0.25, 0.3) is 5.69 Å². The summed E-state index contributed by atoms with van der Waals surface area (Å²) in [6.07, 6.45) is 1.84. The highest BCUT2D eigenvalue weighted by Gasteiger charge is 2.24. The fraction of sp³-hybridized carbons (Fsp3) is 0.357. The standard InChI is InChI=1S/C14H17N5OS/c1-10(16-14(20)13-8-21-9-15-13)12-7-19(18-17-12)11-5-3-2-4-6-11/h2-7,10,13,15H,8-9H2,1H3,(H,16,20). The number of benzene rings is 1. The Hall–Kier alpha value is -1.86. The third-order valence-electron chi connectivity index (χ3n) is 3.37. The van der Waals surface area contributed by atoms with Gasteiger partial charge in [-0.25, -0.2) is 4.68 Å². The second-order valence-electron chi connectivity index (χ2n) is 4.93. The maximum atomic E-state index is 12.1. The van der Waals surface area contributed by atoms with Gasteiger partial charge in [0.25, 0.3) is 0 Å². The van der Waals surface area contributed by atoms with E-state index >= 15 is 0 Å². The fourth-order valence-corrected chi connectivity index (χ4v) is 3.08. The number of aromatic nitrogens is 3. The molecule has 2 heterocycles. The molecule has 2 aromatic rings.